The fraction of sp³-hybridized carbons (Fsp3) is 0.625. The summed E-state index contributed by atoms with van der Waals surface area (Å²) >= 11 is 0. The molecule has 1 aliphatic rings. The summed E-state index contributed by atoms with van der Waals surface area (Å²) in [4.78, 5) is 0. The molecule has 0 saturated carbocycles. The molecule has 2 nitrogen and oxygen atoms in total. The highest BCUT2D eigenvalue weighted by molar-refractivity contribution is 5.26. The van der Waals surface area contributed by atoms with Crippen molar-refractivity contribution in [1.82, 2.24) is 5.32 Å². The average molecular weight is 301 g/mol. The van der Waals surface area contributed by atoms with E-state index in [-0.39, 0.29) is 12.1 Å². The Labute approximate surface area is 123 Å². The van der Waals surface area contributed by atoms with Gasteiger partial charge in [-0.2, -0.15) is 13.2 Å². The highest BCUT2D eigenvalue weighted by Crippen LogP contribution is 2.30. The molecule has 1 aliphatic heterocycles. The standard InChI is InChI=1S/C16H22F3NO/c1-20-14(11-15-7-2-3-8-21-15)10-12-5-4-6-13(9-12)16(17,18)19/h4-6,9,14-15,20H,2-3,7-8,10-11H2,1H3. The lowest BCUT2D eigenvalue weighted by Gasteiger charge is -2.27. The van der Waals surface area contributed by atoms with Gasteiger partial charge < -0.3 is 10.1 Å². The molecule has 2 rings (SSSR count). The first-order valence-electron chi connectivity index (χ1n) is 7.44. The quantitative estimate of drug-likeness (QED) is 0.893. The van der Waals surface area contributed by atoms with E-state index in [2.05, 4.69) is 5.32 Å². The van der Waals surface area contributed by atoms with E-state index in [1.54, 1.807) is 6.07 Å². The fourth-order valence-corrected chi connectivity index (χ4v) is 2.77. The van der Waals surface area contributed by atoms with Crippen molar-refractivity contribution in [3.05, 3.63) is 35.4 Å². The monoisotopic (exact) mass is 301 g/mol. The summed E-state index contributed by atoms with van der Waals surface area (Å²) in [6.45, 7) is 0.796. The Bertz CT molecular complexity index is 441. The Balaban J connectivity index is 1.97. The van der Waals surface area contributed by atoms with E-state index in [0.29, 0.717) is 12.0 Å². The number of rotatable bonds is 5. The molecular formula is C16H22F3NO. The molecule has 0 radical (unpaired) electrons. The second-order valence-corrected chi connectivity index (χ2v) is 5.61. The maximum Gasteiger partial charge on any atom is 0.416 e. The summed E-state index contributed by atoms with van der Waals surface area (Å²) in [6, 6.07) is 5.72. The minimum Gasteiger partial charge on any atom is -0.378 e. The van der Waals surface area contributed by atoms with Gasteiger partial charge in [0.05, 0.1) is 11.7 Å². The highest BCUT2D eigenvalue weighted by atomic mass is 19.4. The molecule has 1 N–H and O–H groups in total. The molecule has 1 aromatic carbocycles. The van der Waals surface area contributed by atoms with Crippen molar-refractivity contribution in [3.63, 3.8) is 0 Å². The second kappa shape index (κ2) is 7.27. The summed E-state index contributed by atoms with van der Waals surface area (Å²) in [5.74, 6) is 0. The Morgan fingerprint density at radius 2 is 2.14 bits per heavy atom. The molecule has 0 spiro atoms. The van der Waals surface area contributed by atoms with Crippen LogP contribution >= 0.6 is 0 Å². The summed E-state index contributed by atoms with van der Waals surface area (Å²) in [5, 5.41) is 3.19. The van der Waals surface area contributed by atoms with E-state index in [1.165, 1.54) is 18.6 Å². The van der Waals surface area contributed by atoms with Crippen LogP contribution in [0.5, 0.6) is 0 Å². The van der Waals surface area contributed by atoms with Crippen LogP contribution in [0, 0.1) is 0 Å². The maximum absolute atomic E-state index is 12.7. The normalized spacial score (nSPS) is 21.2. The van der Waals surface area contributed by atoms with Crippen molar-refractivity contribution in [1.29, 1.82) is 0 Å². The molecule has 1 fully saturated rings. The van der Waals surface area contributed by atoms with Gasteiger partial charge in [0.25, 0.3) is 0 Å². The molecule has 5 heteroatoms. The lowest BCUT2D eigenvalue weighted by Crippen LogP contribution is -2.34. The molecule has 1 aromatic rings. The van der Waals surface area contributed by atoms with Gasteiger partial charge in [0.2, 0.25) is 0 Å². The van der Waals surface area contributed by atoms with Crippen LogP contribution in [-0.4, -0.2) is 25.8 Å². The Kier molecular flexibility index (Phi) is 5.65. The van der Waals surface area contributed by atoms with E-state index < -0.39 is 11.7 Å². The van der Waals surface area contributed by atoms with Crippen LogP contribution < -0.4 is 5.32 Å². The minimum atomic E-state index is -4.28. The Morgan fingerprint density at radius 1 is 1.33 bits per heavy atom. The lowest BCUT2D eigenvalue weighted by atomic mass is 9.96. The van der Waals surface area contributed by atoms with Gasteiger partial charge in [-0.3, -0.25) is 0 Å². The van der Waals surface area contributed by atoms with Crippen molar-refractivity contribution >= 4 is 0 Å². The topological polar surface area (TPSA) is 21.3 Å². The molecular weight excluding hydrogens is 279 g/mol. The zero-order chi connectivity index (χ0) is 15.3. The largest absolute Gasteiger partial charge is 0.416 e. The van der Waals surface area contributed by atoms with Gasteiger partial charge in [-0.1, -0.05) is 18.2 Å². The second-order valence-electron chi connectivity index (χ2n) is 5.61. The number of nitrogens with one attached hydrogen (secondary N) is 1. The molecule has 0 aromatic heterocycles. The average Bonchev–Trinajstić information content (AvgIpc) is 2.47. The van der Waals surface area contributed by atoms with Gasteiger partial charge in [-0.25, -0.2) is 0 Å². The molecule has 1 saturated heterocycles. The number of halogens is 3. The van der Waals surface area contributed by atoms with Crippen molar-refractivity contribution in [2.45, 2.75) is 50.4 Å². The zero-order valence-corrected chi connectivity index (χ0v) is 12.2. The van der Waals surface area contributed by atoms with Gasteiger partial charge in [0.1, 0.15) is 0 Å². The Hall–Kier alpha value is -1.07. The smallest absolute Gasteiger partial charge is 0.378 e. The maximum atomic E-state index is 12.7. The number of alkyl halides is 3. The van der Waals surface area contributed by atoms with Crippen LogP contribution in [0.15, 0.2) is 24.3 Å². The number of likely N-dealkylation sites (N-methyl/N-ethyl adjacent to an activating group) is 1. The number of benzene rings is 1. The number of hydrogen-bond acceptors (Lipinski definition) is 2. The third kappa shape index (κ3) is 5.00. The van der Waals surface area contributed by atoms with E-state index >= 15 is 0 Å². The van der Waals surface area contributed by atoms with Gasteiger partial charge in [-0.05, 0) is 50.8 Å². The zero-order valence-electron chi connectivity index (χ0n) is 12.2. The van der Waals surface area contributed by atoms with Gasteiger partial charge in [-0.15, -0.1) is 0 Å². The van der Waals surface area contributed by atoms with E-state index in [9.17, 15) is 13.2 Å². The predicted molar refractivity (Wildman–Crippen MR) is 76.2 cm³/mol. The van der Waals surface area contributed by atoms with E-state index in [0.717, 1.165) is 31.9 Å². The van der Waals surface area contributed by atoms with Crippen LogP contribution in [0.1, 0.15) is 36.8 Å². The van der Waals surface area contributed by atoms with Crippen molar-refractivity contribution < 1.29 is 17.9 Å². The van der Waals surface area contributed by atoms with Crippen LogP contribution in [-0.2, 0) is 17.3 Å². The first-order chi connectivity index (χ1) is 9.99. The molecule has 118 valence electrons. The molecule has 1 heterocycles. The summed E-state index contributed by atoms with van der Waals surface area (Å²) in [7, 11) is 1.85. The third-order valence-corrected chi connectivity index (χ3v) is 3.97. The van der Waals surface area contributed by atoms with Crippen molar-refractivity contribution in [2.75, 3.05) is 13.7 Å². The van der Waals surface area contributed by atoms with Crippen LogP contribution in [0.2, 0.25) is 0 Å². The lowest BCUT2D eigenvalue weighted by molar-refractivity contribution is -0.137. The van der Waals surface area contributed by atoms with Crippen molar-refractivity contribution in [3.8, 4) is 0 Å². The first kappa shape index (κ1) is 16.3. The summed E-state index contributed by atoms with van der Waals surface area (Å²) in [6.07, 6.45) is 0.687. The SMILES string of the molecule is CNC(Cc1cccc(C(F)(F)F)c1)CC1CCCCO1. The predicted octanol–water partition coefficient (Wildman–Crippen LogP) is 3.80. The van der Waals surface area contributed by atoms with Gasteiger partial charge >= 0.3 is 6.18 Å². The van der Waals surface area contributed by atoms with Crippen molar-refractivity contribution in [2.24, 2.45) is 0 Å². The summed E-state index contributed by atoms with van der Waals surface area (Å²) < 4.78 is 43.9. The first-order valence-corrected chi connectivity index (χ1v) is 7.44. The molecule has 2 unspecified atom stereocenters. The molecule has 0 amide bonds. The molecule has 0 aliphatic carbocycles. The van der Waals surface area contributed by atoms with Gasteiger partial charge in [0.15, 0.2) is 0 Å². The minimum absolute atomic E-state index is 0.136. The van der Waals surface area contributed by atoms with Gasteiger partial charge in [0, 0.05) is 12.6 Å². The van der Waals surface area contributed by atoms with Crippen LogP contribution in [0.3, 0.4) is 0 Å². The van der Waals surface area contributed by atoms with E-state index in [1.807, 2.05) is 7.05 Å². The molecule has 2 atom stereocenters. The van der Waals surface area contributed by atoms with Crippen LogP contribution in [0.4, 0.5) is 13.2 Å². The third-order valence-electron chi connectivity index (χ3n) is 3.97. The fourth-order valence-electron chi connectivity index (χ4n) is 2.77. The van der Waals surface area contributed by atoms with E-state index in [4.69, 9.17) is 4.74 Å². The molecule has 0 bridgehead atoms. The Morgan fingerprint density at radius 3 is 2.76 bits per heavy atom. The summed E-state index contributed by atoms with van der Waals surface area (Å²) in [5.41, 5.74) is 0.128. The van der Waals surface area contributed by atoms with Crippen LogP contribution in [0.25, 0.3) is 0 Å². The molecule has 21 heavy (non-hydrogen) atoms. The number of hydrogen-bond donors (Lipinski definition) is 1. The highest BCUT2D eigenvalue weighted by Gasteiger charge is 2.30. The number of ether oxygens (including phenoxy) is 1.